The molecule has 0 bridgehead atoms. The van der Waals surface area contributed by atoms with Crippen LogP contribution in [0, 0.1) is 12.7 Å². The second-order valence-electron chi connectivity index (χ2n) is 4.78. The number of alkyl halides is 3. The van der Waals surface area contributed by atoms with Crippen molar-refractivity contribution in [3.63, 3.8) is 0 Å². The van der Waals surface area contributed by atoms with Gasteiger partial charge in [-0.25, -0.2) is 4.39 Å². The van der Waals surface area contributed by atoms with E-state index in [2.05, 4.69) is 15.9 Å². The maximum Gasteiger partial charge on any atom is 0.419 e. The van der Waals surface area contributed by atoms with Crippen LogP contribution in [0.25, 0.3) is 0 Å². The molecule has 21 heavy (non-hydrogen) atoms. The van der Waals surface area contributed by atoms with E-state index in [0.29, 0.717) is 5.56 Å². The Balaban J connectivity index is 2.40. The topological polar surface area (TPSA) is 26.0 Å². The molecule has 0 saturated carbocycles. The Morgan fingerprint density at radius 2 is 1.71 bits per heavy atom. The lowest BCUT2D eigenvalue weighted by Crippen LogP contribution is -2.14. The van der Waals surface area contributed by atoms with Crippen LogP contribution >= 0.6 is 15.9 Å². The van der Waals surface area contributed by atoms with Crippen LogP contribution in [-0.4, -0.2) is 0 Å². The van der Waals surface area contributed by atoms with Crippen molar-refractivity contribution in [2.45, 2.75) is 19.1 Å². The van der Waals surface area contributed by atoms with Gasteiger partial charge in [0.1, 0.15) is 5.82 Å². The summed E-state index contributed by atoms with van der Waals surface area (Å²) in [6.45, 7) is 1.87. The van der Waals surface area contributed by atoms with Crippen LogP contribution in [0.15, 0.2) is 40.9 Å². The average molecular weight is 362 g/mol. The second kappa shape index (κ2) is 5.77. The van der Waals surface area contributed by atoms with Crippen LogP contribution in [0.4, 0.5) is 17.6 Å². The lowest BCUT2D eigenvalue weighted by atomic mass is 9.97. The second-order valence-corrected chi connectivity index (χ2v) is 5.69. The largest absolute Gasteiger partial charge is 0.419 e. The average Bonchev–Trinajstić information content (AvgIpc) is 2.35. The number of nitrogens with two attached hydrogens (primary N) is 1. The third-order valence-corrected chi connectivity index (χ3v) is 3.54. The van der Waals surface area contributed by atoms with Gasteiger partial charge in [-0.3, -0.25) is 0 Å². The van der Waals surface area contributed by atoms with Gasteiger partial charge in [-0.2, -0.15) is 13.2 Å². The monoisotopic (exact) mass is 361 g/mol. The van der Waals surface area contributed by atoms with Crippen molar-refractivity contribution in [1.82, 2.24) is 0 Å². The normalized spacial score (nSPS) is 13.3. The van der Waals surface area contributed by atoms with Gasteiger partial charge in [0, 0.05) is 4.47 Å². The Kier molecular flexibility index (Phi) is 4.39. The molecule has 0 radical (unpaired) electrons. The molecule has 112 valence electrons. The molecule has 0 fully saturated rings. The summed E-state index contributed by atoms with van der Waals surface area (Å²) >= 11 is 3.33. The molecule has 1 nitrogen and oxygen atoms in total. The molecule has 2 N–H and O–H groups in total. The number of hydrogen-bond donors (Lipinski definition) is 1. The van der Waals surface area contributed by atoms with Gasteiger partial charge in [-0.05, 0) is 47.9 Å². The first-order chi connectivity index (χ1) is 9.68. The molecule has 2 aromatic rings. The first-order valence-corrected chi connectivity index (χ1v) is 6.87. The van der Waals surface area contributed by atoms with E-state index in [0.717, 1.165) is 22.2 Å². The van der Waals surface area contributed by atoms with Crippen LogP contribution in [0.1, 0.15) is 28.3 Å². The van der Waals surface area contributed by atoms with E-state index in [1.54, 1.807) is 6.07 Å². The zero-order chi connectivity index (χ0) is 15.8. The Morgan fingerprint density at radius 3 is 2.24 bits per heavy atom. The number of rotatable bonds is 2. The number of hydrogen-bond acceptors (Lipinski definition) is 1. The summed E-state index contributed by atoms with van der Waals surface area (Å²) in [6.07, 6.45) is -4.71. The third kappa shape index (κ3) is 3.63. The van der Waals surface area contributed by atoms with E-state index >= 15 is 0 Å². The molecule has 2 aromatic carbocycles. The first kappa shape index (κ1) is 16.0. The number of halogens is 5. The molecule has 1 unspecified atom stereocenters. The molecule has 0 aromatic heterocycles. The molecule has 0 amide bonds. The van der Waals surface area contributed by atoms with Crippen molar-refractivity contribution in [1.29, 1.82) is 0 Å². The van der Waals surface area contributed by atoms with Crippen LogP contribution in [0.5, 0.6) is 0 Å². The highest BCUT2D eigenvalue weighted by atomic mass is 79.9. The van der Waals surface area contributed by atoms with Gasteiger partial charge in [0.15, 0.2) is 0 Å². The van der Waals surface area contributed by atoms with Crippen LogP contribution in [0.3, 0.4) is 0 Å². The third-order valence-electron chi connectivity index (χ3n) is 3.08. The molecule has 1 atom stereocenters. The minimum Gasteiger partial charge on any atom is -0.320 e. The Labute approximate surface area is 127 Å². The highest BCUT2D eigenvalue weighted by Crippen LogP contribution is 2.33. The van der Waals surface area contributed by atoms with Crippen molar-refractivity contribution in [3.8, 4) is 0 Å². The van der Waals surface area contributed by atoms with Crippen molar-refractivity contribution < 1.29 is 17.6 Å². The van der Waals surface area contributed by atoms with E-state index in [1.165, 1.54) is 6.07 Å². The van der Waals surface area contributed by atoms with E-state index in [9.17, 15) is 17.6 Å². The Hall–Kier alpha value is -1.40. The molecule has 2 rings (SSSR count). The maximum atomic E-state index is 13.6. The molecular weight excluding hydrogens is 350 g/mol. The summed E-state index contributed by atoms with van der Waals surface area (Å²) in [5.41, 5.74) is 6.66. The molecule has 0 aliphatic carbocycles. The summed E-state index contributed by atoms with van der Waals surface area (Å²) in [5.74, 6) is -1.32. The predicted octanol–water partition coefficient (Wildman–Crippen LogP) is 4.96. The summed E-state index contributed by atoms with van der Waals surface area (Å²) in [7, 11) is 0. The van der Waals surface area contributed by atoms with Crippen molar-refractivity contribution >= 4 is 15.9 Å². The predicted molar refractivity (Wildman–Crippen MR) is 76.3 cm³/mol. The van der Waals surface area contributed by atoms with Gasteiger partial charge in [0.25, 0.3) is 0 Å². The van der Waals surface area contributed by atoms with Crippen molar-refractivity contribution in [2.24, 2.45) is 5.73 Å². The molecule has 6 heteroatoms. The Bertz CT molecular complexity index is 647. The fourth-order valence-corrected chi connectivity index (χ4v) is 2.72. The van der Waals surface area contributed by atoms with Gasteiger partial charge in [-0.15, -0.1) is 0 Å². The fourth-order valence-electron chi connectivity index (χ4n) is 2.09. The highest BCUT2D eigenvalue weighted by Gasteiger charge is 2.34. The standard InChI is InChI=1S/C15H12BrF4N/c1-8-4-10(6-11(16)5-8)14(21)9-2-3-12(13(17)7-9)15(18,19)20/h2-7,14H,21H2,1H3. The molecule has 0 heterocycles. The molecule has 0 aliphatic rings. The first-order valence-electron chi connectivity index (χ1n) is 6.08. The van der Waals surface area contributed by atoms with E-state index in [1.807, 2.05) is 19.1 Å². The number of benzene rings is 2. The molecule has 0 saturated heterocycles. The van der Waals surface area contributed by atoms with Gasteiger partial charge < -0.3 is 5.73 Å². The molecule has 0 aliphatic heterocycles. The fraction of sp³-hybridized carbons (Fsp3) is 0.200. The summed E-state index contributed by atoms with van der Waals surface area (Å²) in [5, 5.41) is 0. The zero-order valence-electron chi connectivity index (χ0n) is 11.0. The lowest BCUT2D eigenvalue weighted by Gasteiger charge is -2.16. The van der Waals surface area contributed by atoms with E-state index < -0.39 is 23.6 Å². The summed E-state index contributed by atoms with van der Waals surface area (Å²) in [6, 6.07) is 7.51. The molecule has 0 spiro atoms. The van der Waals surface area contributed by atoms with Crippen LogP contribution in [-0.2, 0) is 6.18 Å². The SMILES string of the molecule is Cc1cc(Br)cc(C(N)c2ccc(C(F)(F)F)c(F)c2)c1. The zero-order valence-corrected chi connectivity index (χ0v) is 12.6. The minimum absolute atomic E-state index is 0.290. The van der Waals surface area contributed by atoms with Gasteiger partial charge >= 0.3 is 6.18 Å². The van der Waals surface area contributed by atoms with Crippen LogP contribution < -0.4 is 5.73 Å². The highest BCUT2D eigenvalue weighted by molar-refractivity contribution is 9.10. The van der Waals surface area contributed by atoms with E-state index in [-0.39, 0.29) is 5.56 Å². The molecular formula is C15H12BrF4N. The number of aryl methyl sites for hydroxylation is 1. The summed E-state index contributed by atoms with van der Waals surface area (Å²) in [4.78, 5) is 0. The Morgan fingerprint density at radius 1 is 1.05 bits per heavy atom. The summed E-state index contributed by atoms with van der Waals surface area (Å²) < 4.78 is 52.0. The smallest absolute Gasteiger partial charge is 0.320 e. The minimum atomic E-state index is -4.71. The van der Waals surface area contributed by atoms with E-state index in [4.69, 9.17) is 5.73 Å². The van der Waals surface area contributed by atoms with Gasteiger partial charge in [0.05, 0.1) is 11.6 Å². The lowest BCUT2D eigenvalue weighted by molar-refractivity contribution is -0.140. The van der Waals surface area contributed by atoms with Crippen molar-refractivity contribution in [2.75, 3.05) is 0 Å². The quantitative estimate of drug-likeness (QED) is 0.751. The van der Waals surface area contributed by atoms with Crippen LogP contribution in [0.2, 0.25) is 0 Å². The maximum absolute atomic E-state index is 13.6. The van der Waals surface area contributed by atoms with Gasteiger partial charge in [0.2, 0.25) is 0 Å². The van der Waals surface area contributed by atoms with Crippen molar-refractivity contribution in [3.05, 3.63) is 68.9 Å². The van der Waals surface area contributed by atoms with Gasteiger partial charge in [-0.1, -0.05) is 28.1 Å².